The second-order valence-electron chi connectivity index (χ2n) is 9.98. The molecule has 3 rings (SSSR count). The number of aryl methyl sites for hydroxylation is 2. The van der Waals surface area contributed by atoms with Crippen LogP contribution >= 0.6 is 11.9 Å². The van der Waals surface area contributed by atoms with Gasteiger partial charge in [0.25, 0.3) is 0 Å². The van der Waals surface area contributed by atoms with Gasteiger partial charge in [-0.25, -0.2) is 0 Å². The monoisotopic (exact) mass is 492 g/mol. The Morgan fingerprint density at radius 3 is 2.26 bits per heavy atom. The van der Waals surface area contributed by atoms with Gasteiger partial charge in [-0.15, -0.1) is 0 Å². The van der Waals surface area contributed by atoms with Gasteiger partial charge in [-0.2, -0.15) is 0 Å². The second-order valence-corrected chi connectivity index (χ2v) is 11.0. The Balaban J connectivity index is 1.60. The molecule has 2 atom stereocenters. The number of allylic oxidation sites excluding steroid dienone is 2. The zero-order valence-electron chi connectivity index (χ0n) is 22.7. The van der Waals surface area contributed by atoms with Gasteiger partial charge in [0.05, 0.1) is 0 Å². The van der Waals surface area contributed by atoms with Crippen LogP contribution in [0.25, 0.3) is 5.70 Å². The van der Waals surface area contributed by atoms with E-state index in [0.29, 0.717) is 12.1 Å². The molecule has 0 spiro atoms. The Morgan fingerprint density at radius 2 is 1.69 bits per heavy atom. The van der Waals surface area contributed by atoms with Gasteiger partial charge in [0.15, 0.2) is 0 Å². The van der Waals surface area contributed by atoms with Crippen molar-refractivity contribution in [3.05, 3.63) is 81.9 Å². The van der Waals surface area contributed by atoms with Crippen molar-refractivity contribution in [3.8, 4) is 0 Å². The molecule has 4 nitrogen and oxygen atoms in total. The van der Waals surface area contributed by atoms with E-state index in [-0.39, 0.29) is 0 Å². The molecular weight excluding hydrogens is 448 g/mol. The first-order chi connectivity index (χ1) is 16.7. The molecule has 1 aliphatic heterocycles. The maximum absolute atomic E-state index is 4.50. The molecule has 35 heavy (non-hydrogen) atoms. The standard InChI is InChI=1S/C30H44N4S/c1-9-10-30(31-8)26(7)35-32-29-15-13-28(14-16-29)25(6)34-23(4)18-33(19-24(34)5)20-27-12-11-21(2)22(3)17-27/h11-17,23-24,31-32H,6,9-10,18-20H2,1-5,7-8H3/b30-26-. The molecule has 2 aromatic carbocycles. The lowest BCUT2D eigenvalue weighted by atomic mass is 10.0. The highest BCUT2D eigenvalue weighted by Gasteiger charge is 2.30. The molecule has 1 fully saturated rings. The number of anilines is 1. The summed E-state index contributed by atoms with van der Waals surface area (Å²) in [6.07, 6.45) is 2.21. The first-order valence-electron chi connectivity index (χ1n) is 12.9. The Labute approximate surface area is 218 Å². The SMILES string of the molecule is C=C(c1ccc(NS/C(C)=C(/CCC)NC)cc1)N1C(C)CN(Cc2ccc(C)c(C)c2)CC1C. The topological polar surface area (TPSA) is 30.5 Å². The summed E-state index contributed by atoms with van der Waals surface area (Å²) in [7, 11) is 2.00. The summed E-state index contributed by atoms with van der Waals surface area (Å²) < 4.78 is 3.49. The maximum atomic E-state index is 4.50. The van der Waals surface area contributed by atoms with Gasteiger partial charge in [0.1, 0.15) is 0 Å². The van der Waals surface area contributed by atoms with Crippen molar-refractivity contribution in [2.24, 2.45) is 0 Å². The lowest BCUT2D eigenvalue weighted by molar-refractivity contribution is 0.0799. The molecule has 2 unspecified atom stereocenters. The molecule has 1 heterocycles. The van der Waals surface area contributed by atoms with E-state index in [4.69, 9.17) is 0 Å². The summed E-state index contributed by atoms with van der Waals surface area (Å²) in [5.74, 6) is 0. The fourth-order valence-electron chi connectivity index (χ4n) is 5.06. The van der Waals surface area contributed by atoms with Gasteiger partial charge in [-0.3, -0.25) is 4.90 Å². The van der Waals surface area contributed by atoms with Crippen molar-refractivity contribution in [3.63, 3.8) is 0 Å². The minimum Gasteiger partial charge on any atom is -0.391 e. The predicted molar refractivity (Wildman–Crippen MR) is 155 cm³/mol. The highest BCUT2D eigenvalue weighted by molar-refractivity contribution is 8.04. The highest BCUT2D eigenvalue weighted by atomic mass is 32.2. The fraction of sp³-hybridized carbons (Fsp3) is 0.467. The number of nitrogens with zero attached hydrogens (tertiary/aromatic N) is 2. The van der Waals surface area contributed by atoms with Crippen molar-refractivity contribution in [2.45, 2.75) is 73.0 Å². The summed E-state index contributed by atoms with van der Waals surface area (Å²) in [5.41, 5.74) is 8.86. The van der Waals surface area contributed by atoms with E-state index in [1.807, 2.05) is 7.05 Å². The Kier molecular flexibility index (Phi) is 9.76. The largest absolute Gasteiger partial charge is 0.391 e. The van der Waals surface area contributed by atoms with E-state index in [1.165, 1.54) is 32.9 Å². The Morgan fingerprint density at radius 1 is 1.03 bits per heavy atom. The highest BCUT2D eigenvalue weighted by Crippen LogP contribution is 2.29. The van der Waals surface area contributed by atoms with E-state index in [9.17, 15) is 0 Å². The first-order valence-corrected chi connectivity index (χ1v) is 13.7. The molecule has 0 saturated carbocycles. The van der Waals surface area contributed by atoms with Crippen LogP contribution in [0.4, 0.5) is 5.69 Å². The number of rotatable bonds is 10. The van der Waals surface area contributed by atoms with E-state index >= 15 is 0 Å². The lowest BCUT2D eigenvalue weighted by Crippen LogP contribution is -2.55. The number of piperazine rings is 1. The number of hydrogen-bond acceptors (Lipinski definition) is 5. The van der Waals surface area contributed by atoms with Gasteiger partial charge in [-0.05, 0) is 87.4 Å². The molecular formula is C30H44N4S. The van der Waals surface area contributed by atoms with Crippen molar-refractivity contribution < 1.29 is 0 Å². The van der Waals surface area contributed by atoms with Crippen LogP contribution in [-0.4, -0.2) is 42.0 Å². The van der Waals surface area contributed by atoms with Crippen LogP contribution in [0.5, 0.6) is 0 Å². The Hall–Kier alpha value is -2.37. The molecule has 1 saturated heterocycles. The summed E-state index contributed by atoms with van der Waals surface area (Å²) in [5, 5.41) is 3.33. The molecule has 0 amide bonds. The third-order valence-corrected chi connectivity index (χ3v) is 7.94. The lowest BCUT2D eigenvalue weighted by Gasteiger charge is -2.47. The van der Waals surface area contributed by atoms with E-state index < -0.39 is 0 Å². The first kappa shape index (κ1) is 27.2. The van der Waals surface area contributed by atoms with Crippen molar-refractivity contribution >= 4 is 23.3 Å². The molecule has 0 aromatic heterocycles. The van der Waals surface area contributed by atoms with Crippen molar-refractivity contribution in [2.75, 3.05) is 24.9 Å². The van der Waals surface area contributed by atoms with Crippen LogP contribution in [0, 0.1) is 13.8 Å². The smallest absolute Gasteiger partial charge is 0.0443 e. The third kappa shape index (κ3) is 7.08. The molecule has 0 bridgehead atoms. The van der Waals surface area contributed by atoms with Crippen LogP contribution in [0.1, 0.15) is 62.8 Å². The fourth-order valence-corrected chi connectivity index (χ4v) is 5.79. The average Bonchev–Trinajstić information content (AvgIpc) is 2.83. The molecule has 1 aliphatic rings. The molecule has 2 aromatic rings. The van der Waals surface area contributed by atoms with Crippen LogP contribution in [-0.2, 0) is 6.54 Å². The number of benzene rings is 2. The van der Waals surface area contributed by atoms with E-state index in [2.05, 4.69) is 110 Å². The average molecular weight is 493 g/mol. The van der Waals surface area contributed by atoms with Gasteiger partial charge in [0.2, 0.25) is 0 Å². The zero-order valence-corrected chi connectivity index (χ0v) is 23.6. The van der Waals surface area contributed by atoms with Crippen molar-refractivity contribution in [1.29, 1.82) is 0 Å². The molecule has 0 radical (unpaired) electrons. The van der Waals surface area contributed by atoms with Crippen LogP contribution < -0.4 is 10.0 Å². The quantitative estimate of drug-likeness (QED) is 0.343. The minimum atomic E-state index is 0.414. The number of nitrogens with one attached hydrogen (secondary N) is 2. The summed E-state index contributed by atoms with van der Waals surface area (Å²) >= 11 is 1.68. The third-order valence-electron chi connectivity index (χ3n) is 7.05. The van der Waals surface area contributed by atoms with Crippen molar-refractivity contribution in [1.82, 2.24) is 15.1 Å². The minimum absolute atomic E-state index is 0.414. The van der Waals surface area contributed by atoms with Crippen LogP contribution in [0.15, 0.2) is 59.6 Å². The van der Waals surface area contributed by atoms with Gasteiger partial charge in [0, 0.05) is 60.8 Å². The van der Waals surface area contributed by atoms with E-state index in [1.54, 1.807) is 11.9 Å². The van der Waals surface area contributed by atoms with Crippen LogP contribution in [0.2, 0.25) is 0 Å². The zero-order chi connectivity index (χ0) is 25.5. The molecule has 2 N–H and O–H groups in total. The van der Waals surface area contributed by atoms with E-state index in [0.717, 1.165) is 43.9 Å². The van der Waals surface area contributed by atoms with Gasteiger partial charge in [-0.1, -0.05) is 50.3 Å². The van der Waals surface area contributed by atoms with Crippen LogP contribution in [0.3, 0.4) is 0 Å². The van der Waals surface area contributed by atoms with Gasteiger partial charge < -0.3 is 14.9 Å². The number of hydrogen-bond donors (Lipinski definition) is 2. The predicted octanol–water partition coefficient (Wildman–Crippen LogP) is 7.18. The summed E-state index contributed by atoms with van der Waals surface area (Å²) in [4.78, 5) is 6.37. The second kappa shape index (κ2) is 12.5. The van der Waals surface area contributed by atoms with Gasteiger partial charge >= 0.3 is 0 Å². The molecule has 190 valence electrons. The molecule has 0 aliphatic carbocycles. The summed E-state index contributed by atoms with van der Waals surface area (Å²) in [6.45, 7) is 21.0. The normalized spacial score (nSPS) is 19.3. The Bertz CT molecular complexity index is 1020. The maximum Gasteiger partial charge on any atom is 0.0443 e. The molecule has 5 heteroatoms. The summed E-state index contributed by atoms with van der Waals surface area (Å²) in [6, 6.07) is 16.4.